The lowest BCUT2D eigenvalue weighted by molar-refractivity contribution is -0.0119. The van der Waals surface area contributed by atoms with Gasteiger partial charge in [0.05, 0.1) is 11.1 Å². The Morgan fingerprint density at radius 3 is 2.59 bits per heavy atom. The number of nitrogens with zero attached hydrogens (tertiary/aromatic N) is 3. The highest BCUT2D eigenvalue weighted by Crippen LogP contribution is 2.15. The molecule has 0 amide bonds. The number of hydrogen-bond donors (Lipinski definition) is 1. The third kappa shape index (κ3) is 3.01. The minimum atomic E-state index is 0. The number of aliphatic imine (C=N–C) groups is 1. The lowest BCUT2D eigenvalue weighted by Crippen LogP contribution is -2.31. The molecule has 0 fully saturated rings. The fraction of sp³-hybridized carbons (Fsp3) is 0.125. The Labute approximate surface area is 132 Å². The van der Waals surface area contributed by atoms with Crippen LogP contribution in [0.3, 0.4) is 0 Å². The van der Waals surface area contributed by atoms with E-state index in [1.165, 1.54) is 5.06 Å². The Bertz CT molecular complexity index is 819. The SMILES string of the molecule is CN=C1CN(O)C(c2ccccc2)=c2cc(Cl)ccc2=N1.O. The van der Waals surface area contributed by atoms with Crippen molar-refractivity contribution in [2.24, 2.45) is 9.98 Å². The van der Waals surface area contributed by atoms with Crippen molar-refractivity contribution >= 4 is 23.1 Å². The molecule has 3 N–H and O–H groups in total. The topological polar surface area (TPSA) is 79.7 Å². The lowest BCUT2D eigenvalue weighted by Gasteiger charge is -2.19. The van der Waals surface area contributed by atoms with E-state index >= 15 is 0 Å². The van der Waals surface area contributed by atoms with Crippen molar-refractivity contribution in [2.45, 2.75) is 0 Å². The Kier molecular flexibility index (Phi) is 4.92. The molecule has 1 aliphatic heterocycles. The first-order valence-corrected chi connectivity index (χ1v) is 6.93. The maximum absolute atomic E-state index is 10.5. The summed E-state index contributed by atoms with van der Waals surface area (Å²) in [6, 6.07) is 15.1. The normalized spacial score (nSPS) is 15.7. The van der Waals surface area contributed by atoms with Gasteiger partial charge in [0.25, 0.3) is 0 Å². The van der Waals surface area contributed by atoms with E-state index in [1.807, 2.05) is 42.5 Å². The fourth-order valence-corrected chi connectivity index (χ4v) is 2.52. The van der Waals surface area contributed by atoms with E-state index in [-0.39, 0.29) is 12.0 Å². The van der Waals surface area contributed by atoms with Crippen molar-refractivity contribution in [2.75, 3.05) is 13.6 Å². The zero-order chi connectivity index (χ0) is 14.8. The quantitative estimate of drug-likeness (QED) is 0.852. The first-order valence-electron chi connectivity index (χ1n) is 6.55. The van der Waals surface area contributed by atoms with Crippen LogP contribution >= 0.6 is 11.6 Å². The number of halogens is 1. The molecule has 0 aromatic heterocycles. The molecule has 2 aromatic rings. The van der Waals surface area contributed by atoms with E-state index in [2.05, 4.69) is 9.98 Å². The number of hydroxylamine groups is 2. The van der Waals surface area contributed by atoms with Gasteiger partial charge >= 0.3 is 0 Å². The minimum Gasteiger partial charge on any atom is -0.412 e. The predicted molar refractivity (Wildman–Crippen MR) is 86.7 cm³/mol. The number of rotatable bonds is 1. The molecule has 2 aromatic carbocycles. The van der Waals surface area contributed by atoms with Crippen LogP contribution in [0, 0.1) is 0 Å². The van der Waals surface area contributed by atoms with Gasteiger partial charge in [-0.3, -0.25) is 10.2 Å². The number of fused-ring (bicyclic) bond motifs is 1. The molecule has 114 valence electrons. The second-order valence-electron chi connectivity index (χ2n) is 4.69. The van der Waals surface area contributed by atoms with Crippen LogP contribution in [0.25, 0.3) is 5.70 Å². The molecule has 1 heterocycles. The van der Waals surface area contributed by atoms with Gasteiger partial charge in [0, 0.05) is 22.9 Å². The first kappa shape index (κ1) is 16.2. The molecule has 22 heavy (non-hydrogen) atoms. The highest BCUT2D eigenvalue weighted by molar-refractivity contribution is 6.30. The third-order valence-electron chi connectivity index (χ3n) is 3.32. The molecule has 5 nitrogen and oxygen atoms in total. The molecular weight excluding hydrogens is 302 g/mol. The fourth-order valence-electron chi connectivity index (χ4n) is 2.34. The summed E-state index contributed by atoms with van der Waals surface area (Å²) in [6.45, 7) is 0.229. The van der Waals surface area contributed by atoms with Gasteiger partial charge in [-0.1, -0.05) is 41.9 Å². The number of benzene rings is 2. The lowest BCUT2D eigenvalue weighted by atomic mass is 10.1. The van der Waals surface area contributed by atoms with Crippen LogP contribution < -0.4 is 10.6 Å². The Balaban J connectivity index is 0.00000176. The van der Waals surface area contributed by atoms with E-state index in [1.54, 1.807) is 13.1 Å². The van der Waals surface area contributed by atoms with E-state index in [0.29, 0.717) is 16.6 Å². The second-order valence-corrected chi connectivity index (χ2v) is 5.12. The Hall–Kier alpha value is -2.21. The summed E-state index contributed by atoms with van der Waals surface area (Å²) in [5.41, 5.74) is 1.58. The maximum atomic E-state index is 10.5. The minimum absolute atomic E-state index is 0. The number of hydrogen-bond acceptors (Lipinski definition) is 3. The zero-order valence-electron chi connectivity index (χ0n) is 12.0. The van der Waals surface area contributed by atoms with Crippen molar-refractivity contribution in [1.29, 1.82) is 0 Å². The molecule has 0 saturated carbocycles. The second kappa shape index (κ2) is 6.70. The smallest absolute Gasteiger partial charge is 0.145 e. The van der Waals surface area contributed by atoms with Crippen LogP contribution in [0.4, 0.5) is 0 Å². The molecule has 0 aliphatic carbocycles. The van der Waals surface area contributed by atoms with E-state index in [9.17, 15) is 5.21 Å². The molecule has 0 spiro atoms. The van der Waals surface area contributed by atoms with E-state index < -0.39 is 0 Å². The van der Waals surface area contributed by atoms with Gasteiger partial charge in [0.15, 0.2) is 0 Å². The molecule has 6 heteroatoms. The average Bonchev–Trinajstić information content (AvgIpc) is 2.63. The molecule has 0 atom stereocenters. The monoisotopic (exact) mass is 317 g/mol. The van der Waals surface area contributed by atoms with Crippen LogP contribution in [0.1, 0.15) is 5.56 Å². The molecule has 0 saturated heterocycles. The summed E-state index contributed by atoms with van der Waals surface area (Å²) in [7, 11) is 1.66. The molecular formula is C16H16ClN3O2. The molecule has 0 radical (unpaired) electrons. The van der Waals surface area contributed by atoms with Gasteiger partial charge in [0.2, 0.25) is 0 Å². The molecule has 0 unspecified atom stereocenters. The summed E-state index contributed by atoms with van der Waals surface area (Å²) in [4.78, 5) is 8.60. The highest BCUT2D eigenvalue weighted by Gasteiger charge is 2.17. The van der Waals surface area contributed by atoms with Gasteiger partial charge in [-0.05, 0) is 18.2 Å². The van der Waals surface area contributed by atoms with Gasteiger partial charge in [-0.2, -0.15) is 0 Å². The Morgan fingerprint density at radius 2 is 1.91 bits per heavy atom. The van der Waals surface area contributed by atoms with Crippen LogP contribution in [0.2, 0.25) is 5.02 Å². The van der Waals surface area contributed by atoms with Gasteiger partial charge in [-0.15, -0.1) is 0 Å². The third-order valence-corrected chi connectivity index (χ3v) is 3.55. The molecule has 3 rings (SSSR count). The first-order chi connectivity index (χ1) is 10.2. The van der Waals surface area contributed by atoms with E-state index in [4.69, 9.17) is 11.6 Å². The van der Waals surface area contributed by atoms with Gasteiger partial charge in [0.1, 0.15) is 12.4 Å². The van der Waals surface area contributed by atoms with Gasteiger partial charge in [-0.25, -0.2) is 10.1 Å². The summed E-state index contributed by atoms with van der Waals surface area (Å²) < 4.78 is 0. The number of amidine groups is 1. The zero-order valence-corrected chi connectivity index (χ0v) is 12.7. The predicted octanol–water partition coefficient (Wildman–Crippen LogP) is 1.02. The van der Waals surface area contributed by atoms with Crippen molar-refractivity contribution in [3.8, 4) is 0 Å². The van der Waals surface area contributed by atoms with Crippen LogP contribution in [-0.4, -0.2) is 35.2 Å². The molecule has 0 bridgehead atoms. The summed E-state index contributed by atoms with van der Waals surface area (Å²) in [5.74, 6) is 0.562. The summed E-state index contributed by atoms with van der Waals surface area (Å²) in [5, 5.41) is 13.8. The Morgan fingerprint density at radius 1 is 1.18 bits per heavy atom. The summed E-state index contributed by atoms with van der Waals surface area (Å²) in [6.07, 6.45) is 0. The highest BCUT2D eigenvalue weighted by atomic mass is 35.5. The van der Waals surface area contributed by atoms with Crippen molar-refractivity contribution in [3.05, 3.63) is 69.7 Å². The standard InChI is InChI=1S/C16H14ClN3O.H2O/c1-18-15-10-20(21)16(11-5-3-2-4-6-11)13-9-12(17)7-8-14(13)19-15;/h2-9,21H,10H2,1H3;1H2. The van der Waals surface area contributed by atoms with Gasteiger partial charge < -0.3 is 5.48 Å². The maximum Gasteiger partial charge on any atom is 0.145 e. The van der Waals surface area contributed by atoms with Crippen LogP contribution in [-0.2, 0) is 0 Å². The van der Waals surface area contributed by atoms with Crippen molar-refractivity contribution in [3.63, 3.8) is 0 Å². The van der Waals surface area contributed by atoms with E-state index in [0.717, 1.165) is 16.1 Å². The largest absolute Gasteiger partial charge is 0.412 e. The van der Waals surface area contributed by atoms with Crippen molar-refractivity contribution in [1.82, 2.24) is 5.06 Å². The average molecular weight is 318 g/mol. The summed E-state index contributed by atoms with van der Waals surface area (Å²) >= 11 is 6.12. The van der Waals surface area contributed by atoms with Crippen LogP contribution in [0.15, 0.2) is 58.5 Å². The molecule has 1 aliphatic rings. The van der Waals surface area contributed by atoms with Crippen LogP contribution in [0.5, 0.6) is 0 Å². The van der Waals surface area contributed by atoms with Crippen molar-refractivity contribution < 1.29 is 10.7 Å².